The molecule has 0 spiro atoms. The first kappa shape index (κ1) is 10.9. The number of hydrogen-bond donors (Lipinski definition) is 0. The Bertz CT molecular complexity index is 386. The van der Waals surface area contributed by atoms with Gasteiger partial charge in [-0.1, -0.05) is 20.8 Å². The molecule has 0 bridgehead atoms. The molecule has 1 aromatic heterocycles. The molecule has 0 radical (unpaired) electrons. The first-order chi connectivity index (χ1) is 6.25. The van der Waals surface area contributed by atoms with Crippen LogP contribution in [-0.4, -0.2) is 14.3 Å². The molecule has 0 aromatic carbocycles. The van der Waals surface area contributed by atoms with Crippen LogP contribution in [0.15, 0.2) is 4.79 Å². The van der Waals surface area contributed by atoms with E-state index in [1.54, 1.807) is 20.8 Å². The summed E-state index contributed by atoms with van der Waals surface area (Å²) in [6.45, 7) is 2.35. The van der Waals surface area contributed by atoms with E-state index in [1.165, 1.54) is 7.05 Å². The highest BCUT2D eigenvalue weighted by atomic mass is 19.3. The molecule has 0 aliphatic heterocycles. The fraction of sp³-hybridized carbons (Fsp3) is 0.750. The zero-order chi connectivity index (χ0) is 11.1. The fourth-order valence-corrected chi connectivity index (χ4v) is 1.17. The number of nitrogens with zero attached hydrogens (tertiary/aromatic N) is 3. The maximum absolute atomic E-state index is 12.5. The van der Waals surface area contributed by atoms with Gasteiger partial charge in [0.05, 0.1) is 0 Å². The molecule has 1 heterocycles. The van der Waals surface area contributed by atoms with E-state index >= 15 is 0 Å². The third kappa shape index (κ3) is 1.69. The molecule has 14 heavy (non-hydrogen) atoms. The molecule has 4 nitrogen and oxygen atoms in total. The summed E-state index contributed by atoms with van der Waals surface area (Å²) in [7, 11) is 1.36. The van der Waals surface area contributed by atoms with E-state index in [0.717, 1.165) is 4.68 Å². The van der Waals surface area contributed by atoms with E-state index in [-0.39, 0.29) is 5.82 Å². The highest BCUT2D eigenvalue weighted by Crippen LogP contribution is 2.22. The highest BCUT2D eigenvalue weighted by Gasteiger charge is 2.27. The van der Waals surface area contributed by atoms with Crippen molar-refractivity contribution in [3.05, 3.63) is 16.3 Å². The minimum Gasteiger partial charge on any atom is -0.246 e. The Balaban J connectivity index is 3.45. The second kappa shape index (κ2) is 3.18. The molecule has 1 rings (SSSR count). The van der Waals surface area contributed by atoms with Crippen LogP contribution in [0.2, 0.25) is 0 Å². The standard InChI is InChI=1S/C8H13F2N3O/c1-8(2,3)5-11-12(4)7(14)13(5)6(9)10/h6H,1-4H3. The van der Waals surface area contributed by atoms with Crippen LogP contribution >= 0.6 is 0 Å². The summed E-state index contributed by atoms with van der Waals surface area (Å²) in [5.41, 5.74) is -1.36. The normalized spacial score (nSPS) is 12.5. The molecular weight excluding hydrogens is 192 g/mol. The van der Waals surface area contributed by atoms with Gasteiger partial charge >= 0.3 is 12.2 Å². The molecule has 0 saturated carbocycles. The van der Waals surface area contributed by atoms with Gasteiger partial charge in [0.2, 0.25) is 0 Å². The molecule has 1 aromatic rings. The zero-order valence-electron chi connectivity index (χ0n) is 8.58. The van der Waals surface area contributed by atoms with Crippen LogP contribution in [0.25, 0.3) is 0 Å². The molecule has 0 aliphatic rings. The van der Waals surface area contributed by atoms with Crippen LogP contribution < -0.4 is 5.69 Å². The van der Waals surface area contributed by atoms with Crippen molar-refractivity contribution in [1.29, 1.82) is 0 Å². The van der Waals surface area contributed by atoms with Crippen molar-refractivity contribution in [2.75, 3.05) is 0 Å². The lowest BCUT2D eigenvalue weighted by Crippen LogP contribution is -2.27. The Labute approximate surface area is 80.2 Å². The summed E-state index contributed by atoms with van der Waals surface area (Å²) in [6, 6.07) is 0. The Morgan fingerprint density at radius 1 is 1.36 bits per heavy atom. The smallest absolute Gasteiger partial charge is 0.246 e. The summed E-state index contributed by atoms with van der Waals surface area (Å²) >= 11 is 0. The SMILES string of the molecule is Cn1nc(C(C)(C)C)n(C(F)F)c1=O. The van der Waals surface area contributed by atoms with E-state index in [1.807, 2.05) is 0 Å². The first-order valence-electron chi connectivity index (χ1n) is 4.19. The number of aryl methyl sites for hydroxylation is 1. The van der Waals surface area contributed by atoms with E-state index < -0.39 is 17.7 Å². The number of aromatic nitrogens is 3. The van der Waals surface area contributed by atoms with Crippen LogP contribution in [0, 0.1) is 0 Å². The monoisotopic (exact) mass is 205 g/mol. The largest absolute Gasteiger partial charge is 0.350 e. The Morgan fingerprint density at radius 2 is 1.86 bits per heavy atom. The summed E-state index contributed by atoms with van der Waals surface area (Å²) in [4.78, 5) is 11.3. The second-order valence-corrected chi connectivity index (χ2v) is 4.13. The third-order valence-electron chi connectivity index (χ3n) is 1.82. The van der Waals surface area contributed by atoms with Crippen molar-refractivity contribution in [3.8, 4) is 0 Å². The van der Waals surface area contributed by atoms with Gasteiger partial charge in [0.15, 0.2) is 0 Å². The van der Waals surface area contributed by atoms with E-state index in [0.29, 0.717) is 4.57 Å². The predicted molar refractivity (Wildman–Crippen MR) is 47.4 cm³/mol. The van der Waals surface area contributed by atoms with Gasteiger partial charge in [-0.25, -0.2) is 14.0 Å². The molecule has 80 valence electrons. The molecule has 0 amide bonds. The number of halogens is 2. The molecule has 0 fully saturated rings. The summed E-state index contributed by atoms with van der Waals surface area (Å²) in [6.07, 6.45) is 0. The van der Waals surface area contributed by atoms with E-state index in [4.69, 9.17) is 0 Å². The lowest BCUT2D eigenvalue weighted by molar-refractivity contribution is 0.0598. The van der Waals surface area contributed by atoms with Crippen molar-refractivity contribution < 1.29 is 8.78 Å². The van der Waals surface area contributed by atoms with Crippen molar-refractivity contribution in [1.82, 2.24) is 14.3 Å². The van der Waals surface area contributed by atoms with Crippen LogP contribution in [0.1, 0.15) is 33.1 Å². The van der Waals surface area contributed by atoms with E-state index in [2.05, 4.69) is 5.10 Å². The van der Waals surface area contributed by atoms with Gasteiger partial charge in [-0.15, -0.1) is 0 Å². The maximum Gasteiger partial charge on any atom is 0.350 e. The van der Waals surface area contributed by atoms with Gasteiger partial charge in [-0.05, 0) is 0 Å². The fourth-order valence-electron chi connectivity index (χ4n) is 1.17. The third-order valence-corrected chi connectivity index (χ3v) is 1.82. The first-order valence-corrected chi connectivity index (χ1v) is 4.19. The van der Waals surface area contributed by atoms with E-state index in [9.17, 15) is 13.6 Å². The van der Waals surface area contributed by atoms with Crippen LogP contribution in [0.3, 0.4) is 0 Å². The van der Waals surface area contributed by atoms with Gasteiger partial charge < -0.3 is 0 Å². The average molecular weight is 205 g/mol. The maximum atomic E-state index is 12.5. The molecule has 0 unspecified atom stereocenters. The molecule has 0 aliphatic carbocycles. The number of alkyl halides is 2. The Kier molecular flexibility index (Phi) is 2.47. The van der Waals surface area contributed by atoms with Gasteiger partial charge in [0.25, 0.3) is 0 Å². The zero-order valence-corrected chi connectivity index (χ0v) is 8.58. The molecule has 0 N–H and O–H groups in total. The quantitative estimate of drug-likeness (QED) is 0.692. The lowest BCUT2D eigenvalue weighted by atomic mass is 9.96. The number of rotatable bonds is 1. The minimum absolute atomic E-state index is 0.0972. The molecule has 0 atom stereocenters. The Hall–Kier alpha value is -1.20. The van der Waals surface area contributed by atoms with Crippen molar-refractivity contribution in [2.45, 2.75) is 32.7 Å². The molecule has 0 saturated heterocycles. The second-order valence-electron chi connectivity index (χ2n) is 4.13. The van der Waals surface area contributed by atoms with Crippen LogP contribution in [0.5, 0.6) is 0 Å². The molecule has 6 heteroatoms. The minimum atomic E-state index is -2.84. The topological polar surface area (TPSA) is 39.8 Å². The summed E-state index contributed by atoms with van der Waals surface area (Å²) < 4.78 is 26.4. The molecular formula is C8H13F2N3O. The average Bonchev–Trinajstić information content (AvgIpc) is 2.27. The van der Waals surface area contributed by atoms with Gasteiger partial charge in [0.1, 0.15) is 5.82 Å². The summed E-state index contributed by atoms with van der Waals surface area (Å²) in [5, 5.41) is 3.79. The van der Waals surface area contributed by atoms with Crippen LogP contribution in [0.4, 0.5) is 8.78 Å². The number of hydrogen-bond acceptors (Lipinski definition) is 2. The van der Waals surface area contributed by atoms with Crippen molar-refractivity contribution in [2.24, 2.45) is 7.05 Å². The predicted octanol–water partition coefficient (Wildman–Crippen LogP) is 1.27. The van der Waals surface area contributed by atoms with Gasteiger partial charge in [-0.2, -0.15) is 13.9 Å². The van der Waals surface area contributed by atoms with Crippen molar-refractivity contribution in [3.63, 3.8) is 0 Å². The summed E-state index contributed by atoms with van der Waals surface area (Å²) in [5.74, 6) is 0.0972. The van der Waals surface area contributed by atoms with Gasteiger partial charge in [-0.3, -0.25) is 0 Å². The van der Waals surface area contributed by atoms with Crippen molar-refractivity contribution >= 4 is 0 Å². The van der Waals surface area contributed by atoms with Crippen LogP contribution in [-0.2, 0) is 12.5 Å². The Morgan fingerprint density at radius 3 is 2.14 bits per heavy atom. The highest BCUT2D eigenvalue weighted by molar-refractivity contribution is 5.02. The van der Waals surface area contributed by atoms with Gasteiger partial charge in [0, 0.05) is 12.5 Å². The lowest BCUT2D eigenvalue weighted by Gasteiger charge is -2.17.